The van der Waals surface area contributed by atoms with Gasteiger partial charge in [-0.25, -0.2) is 9.59 Å². The molecule has 7 heteroatoms. The van der Waals surface area contributed by atoms with Crippen LogP contribution < -0.4 is 5.69 Å². The Balaban J connectivity index is 2.08. The van der Waals surface area contributed by atoms with E-state index in [2.05, 4.69) is 5.16 Å². The summed E-state index contributed by atoms with van der Waals surface area (Å²) in [7, 11) is 1.68. The molecule has 2 aromatic heterocycles. The average molecular weight is 273 g/mol. The Kier molecular flexibility index (Phi) is 2.67. The van der Waals surface area contributed by atoms with E-state index in [-0.39, 0.29) is 17.9 Å². The molecule has 20 heavy (non-hydrogen) atoms. The maximum Gasteiger partial charge on any atom is 0.358 e. The minimum absolute atomic E-state index is 0.139. The minimum Gasteiger partial charge on any atom is -0.476 e. The number of nitrogens with zero attached hydrogens (tertiary/aromatic N) is 3. The van der Waals surface area contributed by atoms with Crippen LogP contribution in [0.25, 0.3) is 11.0 Å². The number of carboxylic acids is 1. The Hall–Kier alpha value is -2.83. The third-order valence-corrected chi connectivity index (χ3v) is 3.14. The van der Waals surface area contributed by atoms with Gasteiger partial charge in [-0.2, -0.15) is 0 Å². The van der Waals surface area contributed by atoms with Crippen molar-refractivity contribution in [2.45, 2.75) is 6.54 Å². The number of fused-ring (bicyclic) bond motifs is 1. The maximum atomic E-state index is 12.2. The number of aryl methyl sites for hydroxylation is 1. The van der Waals surface area contributed by atoms with Crippen LogP contribution in [0.15, 0.2) is 39.6 Å². The van der Waals surface area contributed by atoms with Crippen LogP contribution in [0, 0.1) is 0 Å². The van der Waals surface area contributed by atoms with Crippen LogP contribution in [0.5, 0.6) is 0 Å². The summed E-state index contributed by atoms with van der Waals surface area (Å²) in [5.41, 5.74) is 1.19. The van der Waals surface area contributed by atoms with Gasteiger partial charge in [-0.15, -0.1) is 0 Å². The first-order chi connectivity index (χ1) is 9.58. The van der Waals surface area contributed by atoms with Crippen molar-refractivity contribution in [3.63, 3.8) is 0 Å². The number of rotatable bonds is 3. The smallest absolute Gasteiger partial charge is 0.358 e. The summed E-state index contributed by atoms with van der Waals surface area (Å²) < 4.78 is 7.99. The average Bonchev–Trinajstić information content (AvgIpc) is 3.00. The van der Waals surface area contributed by atoms with Crippen LogP contribution in [-0.4, -0.2) is 25.4 Å². The van der Waals surface area contributed by atoms with Crippen LogP contribution in [0.2, 0.25) is 0 Å². The molecular weight excluding hydrogens is 262 g/mol. The summed E-state index contributed by atoms with van der Waals surface area (Å²) >= 11 is 0. The summed E-state index contributed by atoms with van der Waals surface area (Å²) in [6.07, 6.45) is 0. The molecule has 3 rings (SSSR count). The molecule has 0 spiro atoms. The van der Waals surface area contributed by atoms with Crippen LogP contribution in [0.4, 0.5) is 0 Å². The molecule has 3 aromatic rings. The van der Waals surface area contributed by atoms with Crippen molar-refractivity contribution in [1.29, 1.82) is 0 Å². The molecule has 0 saturated heterocycles. The molecule has 0 bridgehead atoms. The summed E-state index contributed by atoms with van der Waals surface area (Å²) in [4.78, 5) is 22.9. The third-order valence-electron chi connectivity index (χ3n) is 3.14. The molecule has 0 unspecified atom stereocenters. The van der Waals surface area contributed by atoms with E-state index in [4.69, 9.17) is 9.63 Å². The molecule has 1 aromatic carbocycles. The third kappa shape index (κ3) is 1.80. The van der Waals surface area contributed by atoms with Crippen LogP contribution in [-0.2, 0) is 13.6 Å². The highest BCUT2D eigenvalue weighted by Gasteiger charge is 2.15. The zero-order chi connectivity index (χ0) is 14.3. The fourth-order valence-electron chi connectivity index (χ4n) is 2.16. The van der Waals surface area contributed by atoms with Crippen molar-refractivity contribution in [3.05, 3.63) is 52.3 Å². The van der Waals surface area contributed by atoms with E-state index in [1.165, 1.54) is 15.2 Å². The number of hydrogen-bond donors (Lipinski definition) is 1. The van der Waals surface area contributed by atoms with Crippen LogP contribution >= 0.6 is 0 Å². The second-order valence-corrected chi connectivity index (χ2v) is 4.40. The lowest BCUT2D eigenvalue weighted by Gasteiger charge is -1.98. The maximum absolute atomic E-state index is 12.2. The molecule has 0 aliphatic rings. The lowest BCUT2D eigenvalue weighted by atomic mass is 10.3. The minimum atomic E-state index is -1.16. The van der Waals surface area contributed by atoms with Gasteiger partial charge in [-0.1, -0.05) is 17.3 Å². The quantitative estimate of drug-likeness (QED) is 0.771. The van der Waals surface area contributed by atoms with Gasteiger partial charge in [0.05, 0.1) is 17.6 Å². The van der Waals surface area contributed by atoms with E-state index in [0.29, 0.717) is 5.76 Å². The van der Waals surface area contributed by atoms with Gasteiger partial charge >= 0.3 is 11.7 Å². The monoisotopic (exact) mass is 273 g/mol. The van der Waals surface area contributed by atoms with Crippen molar-refractivity contribution in [2.24, 2.45) is 7.05 Å². The standard InChI is InChI=1S/C13H11N3O4/c1-15-10-4-2-3-5-11(10)16(13(15)19)7-8-6-9(12(17)18)14-20-8/h2-6H,7H2,1H3,(H,17,18). The van der Waals surface area contributed by atoms with Gasteiger partial charge in [-0.05, 0) is 12.1 Å². The molecule has 0 aliphatic heterocycles. The molecule has 2 heterocycles. The molecule has 102 valence electrons. The Morgan fingerprint density at radius 1 is 1.35 bits per heavy atom. The predicted molar refractivity (Wildman–Crippen MR) is 69.7 cm³/mol. The lowest BCUT2D eigenvalue weighted by molar-refractivity contribution is 0.0685. The Labute approximate surface area is 112 Å². The van der Waals surface area contributed by atoms with Gasteiger partial charge in [-0.3, -0.25) is 9.13 Å². The zero-order valence-corrected chi connectivity index (χ0v) is 10.6. The summed E-state index contributed by atoms with van der Waals surface area (Å²) in [6.45, 7) is 0.139. The second-order valence-electron chi connectivity index (χ2n) is 4.40. The van der Waals surface area contributed by atoms with E-state index in [1.54, 1.807) is 7.05 Å². The SMILES string of the molecule is Cn1c(=O)n(Cc2cc(C(=O)O)no2)c2ccccc21. The van der Waals surface area contributed by atoms with Gasteiger partial charge in [0.25, 0.3) is 0 Å². The molecule has 0 fully saturated rings. The first kappa shape index (κ1) is 12.2. The highest BCUT2D eigenvalue weighted by molar-refractivity contribution is 5.85. The zero-order valence-electron chi connectivity index (χ0n) is 10.6. The number of hydrogen-bond acceptors (Lipinski definition) is 4. The van der Waals surface area contributed by atoms with Crippen molar-refractivity contribution >= 4 is 17.0 Å². The second kappa shape index (κ2) is 4.37. The van der Waals surface area contributed by atoms with Crippen LogP contribution in [0.1, 0.15) is 16.2 Å². The molecular formula is C13H11N3O4. The summed E-state index contributed by atoms with van der Waals surface area (Å²) in [5, 5.41) is 12.2. The number of para-hydroxylation sites is 2. The molecule has 0 amide bonds. The number of carbonyl (C=O) groups is 1. The first-order valence-corrected chi connectivity index (χ1v) is 5.91. The van der Waals surface area contributed by atoms with E-state index < -0.39 is 5.97 Å². The molecule has 0 atom stereocenters. The van der Waals surface area contributed by atoms with E-state index >= 15 is 0 Å². The van der Waals surface area contributed by atoms with Gasteiger partial charge in [0, 0.05) is 13.1 Å². The molecule has 0 radical (unpaired) electrons. The fourth-order valence-corrected chi connectivity index (χ4v) is 2.16. The number of carboxylic acid groups (broad SMARTS) is 1. The van der Waals surface area contributed by atoms with E-state index in [9.17, 15) is 9.59 Å². The fraction of sp³-hybridized carbons (Fsp3) is 0.154. The van der Waals surface area contributed by atoms with Gasteiger partial charge in [0.2, 0.25) is 0 Å². The van der Waals surface area contributed by atoms with Crippen molar-refractivity contribution in [2.75, 3.05) is 0 Å². The Morgan fingerprint density at radius 2 is 2.05 bits per heavy atom. The highest BCUT2D eigenvalue weighted by atomic mass is 16.5. The van der Waals surface area contributed by atoms with Gasteiger partial charge in [0.15, 0.2) is 11.5 Å². The molecule has 1 N–H and O–H groups in total. The van der Waals surface area contributed by atoms with E-state index in [0.717, 1.165) is 11.0 Å². The molecule has 7 nitrogen and oxygen atoms in total. The van der Waals surface area contributed by atoms with Crippen molar-refractivity contribution in [1.82, 2.24) is 14.3 Å². The largest absolute Gasteiger partial charge is 0.476 e. The highest BCUT2D eigenvalue weighted by Crippen LogP contribution is 2.14. The Morgan fingerprint density at radius 3 is 2.70 bits per heavy atom. The first-order valence-electron chi connectivity index (χ1n) is 5.91. The van der Waals surface area contributed by atoms with Crippen LogP contribution in [0.3, 0.4) is 0 Å². The van der Waals surface area contributed by atoms with E-state index in [1.807, 2.05) is 24.3 Å². The summed E-state index contributed by atoms with van der Waals surface area (Å²) in [6, 6.07) is 8.67. The number of aromatic carboxylic acids is 1. The van der Waals surface area contributed by atoms with Gasteiger partial charge in [0.1, 0.15) is 0 Å². The molecule has 0 saturated carbocycles. The summed E-state index contributed by atoms with van der Waals surface area (Å²) in [5.74, 6) is -0.842. The molecule has 0 aliphatic carbocycles. The number of imidazole rings is 1. The normalized spacial score (nSPS) is 11.1. The topological polar surface area (TPSA) is 90.3 Å². The Bertz CT molecular complexity index is 856. The van der Waals surface area contributed by atoms with Crippen molar-refractivity contribution < 1.29 is 14.4 Å². The lowest BCUT2D eigenvalue weighted by Crippen LogP contribution is -2.22. The van der Waals surface area contributed by atoms with Gasteiger partial charge < -0.3 is 9.63 Å². The number of benzene rings is 1. The van der Waals surface area contributed by atoms with Crippen molar-refractivity contribution in [3.8, 4) is 0 Å². The predicted octanol–water partition coefficient (Wildman–Crippen LogP) is 1.07. The number of aromatic nitrogens is 3.